The lowest BCUT2D eigenvalue weighted by Gasteiger charge is -2.23. The lowest BCUT2D eigenvalue weighted by Crippen LogP contribution is -2.12. The summed E-state index contributed by atoms with van der Waals surface area (Å²) >= 11 is 0. The van der Waals surface area contributed by atoms with E-state index in [1.54, 1.807) is 0 Å². The SMILES string of the molecule is CCc1cc(C2CCCCO2)cc(F)c1O. The van der Waals surface area contributed by atoms with Crippen LogP contribution in [0.1, 0.15) is 43.4 Å². The first-order valence-corrected chi connectivity index (χ1v) is 5.85. The standard InChI is InChI=1S/C13H17FO2/c1-2-9-7-10(8-11(14)13(9)15)12-5-3-4-6-16-12/h7-8,12,15H,2-6H2,1H3. The van der Waals surface area contributed by atoms with Crippen LogP contribution in [-0.4, -0.2) is 11.7 Å². The van der Waals surface area contributed by atoms with Crippen LogP contribution in [0.4, 0.5) is 4.39 Å². The molecule has 1 atom stereocenters. The Morgan fingerprint density at radius 1 is 1.44 bits per heavy atom. The molecule has 2 nitrogen and oxygen atoms in total. The molecule has 1 aromatic rings. The number of hydrogen-bond acceptors (Lipinski definition) is 2. The molecule has 0 bridgehead atoms. The Morgan fingerprint density at radius 2 is 2.25 bits per heavy atom. The van der Waals surface area contributed by atoms with Gasteiger partial charge in [0.25, 0.3) is 0 Å². The summed E-state index contributed by atoms with van der Waals surface area (Å²) in [7, 11) is 0. The molecule has 0 amide bonds. The number of phenolic OH excluding ortho intramolecular Hbond substituents is 1. The van der Waals surface area contributed by atoms with E-state index in [4.69, 9.17) is 4.74 Å². The third kappa shape index (κ3) is 2.19. The summed E-state index contributed by atoms with van der Waals surface area (Å²) in [5, 5.41) is 9.50. The van der Waals surface area contributed by atoms with Crippen molar-refractivity contribution in [3.63, 3.8) is 0 Å². The van der Waals surface area contributed by atoms with Gasteiger partial charge in [0.1, 0.15) is 0 Å². The summed E-state index contributed by atoms with van der Waals surface area (Å²) in [6.07, 6.45) is 3.76. The van der Waals surface area contributed by atoms with Crippen LogP contribution < -0.4 is 0 Å². The Labute approximate surface area is 95.1 Å². The minimum atomic E-state index is -0.538. The molecule has 1 aliphatic heterocycles. The highest BCUT2D eigenvalue weighted by molar-refractivity contribution is 5.38. The second kappa shape index (κ2) is 4.83. The van der Waals surface area contributed by atoms with Gasteiger partial charge >= 0.3 is 0 Å². The van der Waals surface area contributed by atoms with Crippen molar-refractivity contribution in [1.29, 1.82) is 0 Å². The van der Waals surface area contributed by atoms with Crippen molar-refractivity contribution in [2.24, 2.45) is 0 Å². The van der Waals surface area contributed by atoms with Crippen LogP contribution in [0, 0.1) is 5.82 Å². The second-order valence-corrected chi connectivity index (χ2v) is 4.22. The zero-order valence-corrected chi connectivity index (χ0v) is 9.50. The lowest BCUT2D eigenvalue weighted by atomic mass is 9.98. The zero-order chi connectivity index (χ0) is 11.5. The summed E-state index contributed by atoms with van der Waals surface area (Å²) in [4.78, 5) is 0. The molecule has 0 saturated carbocycles. The highest BCUT2D eigenvalue weighted by Crippen LogP contribution is 2.32. The molecule has 1 heterocycles. The van der Waals surface area contributed by atoms with Crippen LogP contribution >= 0.6 is 0 Å². The molecule has 1 unspecified atom stereocenters. The number of halogens is 1. The fourth-order valence-electron chi connectivity index (χ4n) is 2.14. The Hall–Kier alpha value is -1.09. The number of hydrogen-bond donors (Lipinski definition) is 1. The van der Waals surface area contributed by atoms with Crippen molar-refractivity contribution in [1.82, 2.24) is 0 Å². The highest BCUT2D eigenvalue weighted by atomic mass is 19.1. The van der Waals surface area contributed by atoms with Crippen LogP contribution in [0.2, 0.25) is 0 Å². The fourth-order valence-corrected chi connectivity index (χ4v) is 2.14. The fraction of sp³-hybridized carbons (Fsp3) is 0.538. The van der Waals surface area contributed by atoms with Gasteiger partial charge < -0.3 is 9.84 Å². The first kappa shape index (κ1) is 11.4. The molecule has 0 radical (unpaired) electrons. The minimum Gasteiger partial charge on any atom is -0.505 e. The number of aryl methyl sites for hydroxylation is 1. The van der Waals surface area contributed by atoms with Gasteiger partial charge in [-0.1, -0.05) is 6.92 Å². The topological polar surface area (TPSA) is 29.5 Å². The van der Waals surface area contributed by atoms with Crippen LogP contribution in [0.25, 0.3) is 0 Å². The zero-order valence-electron chi connectivity index (χ0n) is 9.50. The molecule has 1 fully saturated rings. The van der Waals surface area contributed by atoms with Gasteiger partial charge in [-0.3, -0.25) is 0 Å². The molecule has 1 saturated heterocycles. The maximum atomic E-state index is 13.5. The Bertz CT molecular complexity index is 370. The molecule has 1 N–H and O–H groups in total. The molecule has 3 heteroatoms. The molecule has 88 valence electrons. The van der Waals surface area contributed by atoms with Crippen LogP contribution in [0.3, 0.4) is 0 Å². The molecule has 1 aliphatic rings. The van der Waals surface area contributed by atoms with Gasteiger partial charge in [0.2, 0.25) is 0 Å². The summed E-state index contributed by atoms with van der Waals surface area (Å²) < 4.78 is 19.1. The largest absolute Gasteiger partial charge is 0.505 e. The van der Waals surface area contributed by atoms with Gasteiger partial charge in [-0.25, -0.2) is 4.39 Å². The molecular weight excluding hydrogens is 207 g/mol. The first-order chi connectivity index (χ1) is 7.72. The van der Waals surface area contributed by atoms with Gasteiger partial charge in [-0.15, -0.1) is 0 Å². The highest BCUT2D eigenvalue weighted by Gasteiger charge is 2.19. The van der Waals surface area contributed by atoms with E-state index in [1.165, 1.54) is 6.07 Å². The Morgan fingerprint density at radius 3 is 2.88 bits per heavy atom. The van der Waals surface area contributed by atoms with E-state index in [1.807, 2.05) is 13.0 Å². The predicted octanol–water partition coefficient (Wildman–Crippen LogP) is 3.34. The van der Waals surface area contributed by atoms with E-state index in [-0.39, 0.29) is 11.9 Å². The number of benzene rings is 1. The van der Waals surface area contributed by atoms with E-state index in [0.29, 0.717) is 12.0 Å². The predicted molar refractivity (Wildman–Crippen MR) is 60.0 cm³/mol. The molecule has 16 heavy (non-hydrogen) atoms. The quantitative estimate of drug-likeness (QED) is 0.834. The molecule has 0 aromatic heterocycles. The average Bonchev–Trinajstić information content (AvgIpc) is 2.33. The van der Waals surface area contributed by atoms with Crippen LogP contribution in [-0.2, 0) is 11.2 Å². The maximum Gasteiger partial charge on any atom is 0.165 e. The van der Waals surface area contributed by atoms with Crippen molar-refractivity contribution in [2.45, 2.75) is 38.7 Å². The van der Waals surface area contributed by atoms with Gasteiger partial charge in [0, 0.05) is 6.61 Å². The van der Waals surface area contributed by atoms with E-state index < -0.39 is 5.82 Å². The van der Waals surface area contributed by atoms with E-state index in [9.17, 15) is 9.50 Å². The van der Waals surface area contributed by atoms with Crippen LogP contribution in [0.5, 0.6) is 5.75 Å². The molecular formula is C13H17FO2. The van der Waals surface area contributed by atoms with Gasteiger partial charge in [0.05, 0.1) is 6.10 Å². The number of rotatable bonds is 2. The maximum absolute atomic E-state index is 13.5. The number of phenols is 1. The smallest absolute Gasteiger partial charge is 0.165 e. The number of aromatic hydroxyl groups is 1. The van der Waals surface area contributed by atoms with Gasteiger partial charge in [-0.2, -0.15) is 0 Å². The number of ether oxygens (including phenoxy) is 1. The lowest BCUT2D eigenvalue weighted by molar-refractivity contribution is 0.0147. The molecule has 1 aromatic carbocycles. The molecule has 0 spiro atoms. The monoisotopic (exact) mass is 224 g/mol. The minimum absolute atomic E-state index is 0.00542. The third-order valence-electron chi connectivity index (χ3n) is 3.10. The normalized spacial score (nSPS) is 21.0. The van der Waals surface area contributed by atoms with E-state index in [0.717, 1.165) is 31.4 Å². The summed E-state index contributed by atoms with van der Waals surface area (Å²) in [5.41, 5.74) is 1.51. The van der Waals surface area contributed by atoms with Gasteiger partial charge in [0.15, 0.2) is 11.6 Å². The Balaban J connectivity index is 2.29. The Kier molecular flexibility index (Phi) is 3.44. The van der Waals surface area contributed by atoms with Crippen molar-refractivity contribution in [2.75, 3.05) is 6.61 Å². The van der Waals surface area contributed by atoms with E-state index >= 15 is 0 Å². The van der Waals surface area contributed by atoms with E-state index in [2.05, 4.69) is 0 Å². The van der Waals surface area contributed by atoms with Crippen molar-refractivity contribution in [3.05, 3.63) is 29.1 Å². The summed E-state index contributed by atoms with van der Waals surface area (Å²) in [5.74, 6) is -0.759. The third-order valence-corrected chi connectivity index (χ3v) is 3.10. The summed E-state index contributed by atoms with van der Waals surface area (Å²) in [6.45, 7) is 2.65. The average molecular weight is 224 g/mol. The summed E-state index contributed by atoms with van der Waals surface area (Å²) in [6, 6.07) is 3.25. The van der Waals surface area contributed by atoms with Crippen molar-refractivity contribution in [3.8, 4) is 5.75 Å². The van der Waals surface area contributed by atoms with Crippen LogP contribution in [0.15, 0.2) is 12.1 Å². The molecule has 0 aliphatic carbocycles. The second-order valence-electron chi connectivity index (χ2n) is 4.22. The van der Waals surface area contributed by atoms with Gasteiger partial charge in [-0.05, 0) is 48.9 Å². The molecule has 2 rings (SSSR count). The van der Waals surface area contributed by atoms with Crippen molar-refractivity contribution >= 4 is 0 Å². The van der Waals surface area contributed by atoms with Crippen molar-refractivity contribution < 1.29 is 14.2 Å². The first-order valence-electron chi connectivity index (χ1n) is 5.85.